The molecule has 0 saturated heterocycles. The molecule has 0 amide bonds. The molecular formula is C17H35N5O. The van der Waals surface area contributed by atoms with Crippen LogP contribution in [0.2, 0.25) is 0 Å². The van der Waals surface area contributed by atoms with E-state index in [0.29, 0.717) is 12.6 Å². The van der Waals surface area contributed by atoms with E-state index >= 15 is 0 Å². The van der Waals surface area contributed by atoms with Crippen LogP contribution in [0.1, 0.15) is 60.1 Å². The maximum atomic E-state index is 6.27. The van der Waals surface area contributed by atoms with Gasteiger partial charge in [-0.05, 0) is 46.1 Å². The first-order chi connectivity index (χ1) is 10.5. The normalized spacial score (nSPS) is 15.4. The van der Waals surface area contributed by atoms with Crippen LogP contribution in [0.5, 0.6) is 0 Å². The molecule has 0 spiro atoms. The van der Waals surface area contributed by atoms with Crippen LogP contribution in [0.25, 0.3) is 0 Å². The van der Waals surface area contributed by atoms with E-state index < -0.39 is 5.72 Å². The number of ether oxygens (including phenoxy) is 1. The van der Waals surface area contributed by atoms with Crippen molar-refractivity contribution in [1.82, 2.24) is 19.9 Å². The minimum absolute atomic E-state index is 0.0217. The zero-order valence-corrected chi connectivity index (χ0v) is 16.0. The molecule has 6 heteroatoms. The summed E-state index contributed by atoms with van der Waals surface area (Å²) in [5.74, 6) is 0. The van der Waals surface area contributed by atoms with Gasteiger partial charge in [0.05, 0.1) is 5.69 Å². The molecule has 1 unspecified atom stereocenters. The number of nitrogens with two attached hydrogens (primary N) is 1. The van der Waals surface area contributed by atoms with Crippen LogP contribution in [-0.4, -0.2) is 45.3 Å². The Balaban J connectivity index is 2.62. The lowest BCUT2D eigenvalue weighted by molar-refractivity contribution is -0.0576. The van der Waals surface area contributed by atoms with E-state index in [2.05, 4.69) is 56.9 Å². The molecule has 0 aliphatic rings. The molecule has 0 radical (unpaired) electrons. The molecule has 134 valence electrons. The fourth-order valence-electron chi connectivity index (χ4n) is 2.76. The van der Waals surface area contributed by atoms with Crippen LogP contribution in [0.15, 0.2) is 6.20 Å². The van der Waals surface area contributed by atoms with Gasteiger partial charge < -0.3 is 10.5 Å². The van der Waals surface area contributed by atoms with Gasteiger partial charge in [-0.2, -0.15) is 0 Å². The molecular weight excluding hydrogens is 290 g/mol. The molecule has 0 saturated carbocycles. The summed E-state index contributed by atoms with van der Waals surface area (Å²) in [6.45, 7) is 15.0. The molecule has 1 atom stereocenters. The summed E-state index contributed by atoms with van der Waals surface area (Å²) in [5, 5.41) is 8.54. The second-order valence-electron chi connectivity index (χ2n) is 7.92. The molecule has 0 aliphatic heterocycles. The van der Waals surface area contributed by atoms with Crippen LogP contribution >= 0.6 is 0 Å². The molecule has 1 aromatic rings. The van der Waals surface area contributed by atoms with Crippen molar-refractivity contribution in [2.75, 3.05) is 13.7 Å². The van der Waals surface area contributed by atoms with Gasteiger partial charge in [0.25, 0.3) is 0 Å². The summed E-state index contributed by atoms with van der Waals surface area (Å²) < 4.78 is 7.68. The van der Waals surface area contributed by atoms with Crippen molar-refractivity contribution in [3.8, 4) is 0 Å². The fourth-order valence-corrected chi connectivity index (χ4v) is 2.76. The van der Waals surface area contributed by atoms with E-state index in [1.165, 1.54) is 0 Å². The first kappa shape index (κ1) is 20.1. The summed E-state index contributed by atoms with van der Waals surface area (Å²) in [6.07, 6.45) is 3.77. The Morgan fingerprint density at radius 1 is 1.35 bits per heavy atom. The Morgan fingerprint density at radius 3 is 2.57 bits per heavy atom. The third-order valence-corrected chi connectivity index (χ3v) is 3.93. The van der Waals surface area contributed by atoms with Crippen LogP contribution < -0.4 is 5.73 Å². The third-order valence-electron chi connectivity index (χ3n) is 3.93. The van der Waals surface area contributed by atoms with Gasteiger partial charge in [-0.1, -0.05) is 26.0 Å². The van der Waals surface area contributed by atoms with Crippen molar-refractivity contribution < 1.29 is 4.74 Å². The van der Waals surface area contributed by atoms with Crippen LogP contribution in [0.3, 0.4) is 0 Å². The first-order valence-corrected chi connectivity index (χ1v) is 8.57. The van der Waals surface area contributed by atoms with Gasteiger partial charge in [-0.3, -0.25) is 9.58 Å². The SMILES string of the molecule is CCCOC(C)(N)CC(C)(C)Cn1cc(CN(C)C(C)C)nn1. The van der Waals surface area contributed by atoms with Gasteiger partial charge in [-0.25, -0.2) is 0 Å². The molecule has 0 bridgehead atoms. The number of hydrogen-bond donors (Lipinski definition) is 1. The highest BCUT2D eigenvalue weighted by Crippen LogP contribution is 2.29. The topological polar surface area (TPSA) is 69.2 Å². The van der Waals surface area contributed by atoms with Crippen LogP contribution in [-0.2, 0) is 17.8 Å². The van der Waals surface area contributed by atoms with E-state index in [9.17, 15) is 0 Å². The first-order valence-electron chi connectivity index (χ1n) is 8.57. The lowest BCUT2D eigenvalue weighted by Gasteiger charge is -2.34. The average molecular weight is 326 g/mol. The van der Waals surface area contributed by atoms with Crippen LogP contribution in [0.4, 0.5) is 0 Å². The average Bonchev–Trinajstić information content (AvgIpc) is 2.81. The van der Waals surface area contributed by atoms with Crippen molar-refractivity contribution in [1.29, 1.82) is 0 Å². The maximum Gasteiger partial charge on any atom is 0.114 e. The zero-order valence-electron chi connectivity index (χ0n) is 16.0. The monoisotopic (exact) mass is 325 g/mol. The third kappa shape index (κ3) is 7.42. The van der Waals surface area contributed by atoms with Gasteiger partial charge in [-0.15, -0.1) is 5.10 Å². The molecule has 1 aromatic heterocycles. The standard InChI is InChI=1S/C17H35N5O/c1-8-9-23-17(6,18)12-16(4,5)13-22-11-15(19-20-22)10-21(7)14(2)3/h11,14H,8-10,12-13,18H2,1-7H3. The Bertz CT molecular complexity index is 467. The van der Waals surface area contributed by atoms with E-state index in [-0.39, 0.29) is 5.41 Å². The second-order valence-corrected chi connectivity index (χ2v) is 7.92. The lowest BCUT2D eigenvalue weighted by atomic mass is 9.84. The van der Waals surface area contributed by atoms with Crippen molar-refractivity contribution in [3.63, 3.8) is 0 Å². The van der Waals surface area contributed by atoms with E-state index in [4.69, 9.17) is 10.5 Å². The van der Waals surface area contributed by atoms with Gasteiger partial charge in [0.15, 0.2) is 0 Å². The Hall–Kier alpha value is -0.980. The molecule has 0 aliphatic carbocycles. The lowest BCUT2D eigenvalue weighted by Crippen LogP contribution is -2.44. The number of nitrogens with zero attached hydrogens (tertiary/aromatic N) is 4. The predicted octanol–water partition coefficient (Wildman–Crippen LogP) is 2.64. The van der Waals surface area contributed by atoms with Crippen molar-refractivity contribution in [3.05, 3.63) is 11.9 Å². The Labute approximate surface area is 141 Å². The number of hydrogen-bond acceptors (Lipinski definition) is 5. The highest BCUT2D eigenvalue weighted by Gasteiger charge is 2.30. The zero-order chi connectivity index (χ0) is 17.7. The van der Waals surface area contributed by atoms with Crippen molar-refractivity contribution >= 4 is 0 Å². The summed E-state index contributed by atoms with van der Waals surface area (Å²) in [7, 11) is 2.10. The highest BCUT2D eigenvalue weighted by atomic mass is 16.5. The fraction of sp³-hybridized carbons (Fsp3) is 0.882. The Morgan fingerprint density at radius 2 is 2.00 bits per heavy atom. The summed E-state index contributed by atoms with van der Waals surface area (Å²) in [6, 6.07) is 0.491. The van der Waals surface area contributed by atoms with Crippen LogP contribution in [0, 0.1) is 5.41 Å². The molecule has 1 heterocycles. The summed E-state index contributed by atoms with van der Waals surface area (Å²) >= 11 is 0. The molecule has 2 N–H and O–H groups in total. The molecule has 0 aromatic carbocycles. The quantitative estimate of drug-likeness (QED) is 0.670. The predicted molar refractivity (Wildman–Crippen MR) is 93.9 cm³/mol. The smallest absolute Gasteiger partial charge is 0.114 e. The van der Waals surface area contributed by atoms with Crippen molar-refractivity contribution in [2.45, 2.75) is 79.2 Å². The van der Waals surface area contributed by atoms with Gasteiger partial charge in [0, 0.05) is 31.9 Å². The molecule has 23 heavy (non-hydrogen) atoms. The van der Waals surface area contributed by atoms with Gasteiger partial charge in [0.1, 0.15) is 5.72 Å². The summed E-state index contributed by atoms with van der Waals surface area (Å²) in [5.41, 5.74) is 6.64. The second kappa shape index (κ2) is 8.22. The van der Waals surface area contributed by atoms with E-state index in [1.807, 2.05) is 17.8 Å². The van der Waals surface area contributed by atoms with Gasteiger partial charge in [0.2, 0.25) is 0 Å². The summed E-state index contributed by atoms with van der Waals surface area (Å²) in [4.78, 5) is 2.25. The highest BCUT2D eigenvalue weighted by molar-refractivity contribution is 4.93. The minimum Gasteiger partial charge on any atom is -0.361 e. The number of rotatable bonds is 10. The number of aromatic nitrogens is 3. The molecule has 6 nitrogen and oxygen atoms in total. The van der Waals surface area contributed by atoms with E-state index in [1.54, 1.807) is 0 Å². The van der Waals surface area contributed by atoms with E-state index in [0.717, 1.165) is 31.6 Å². The van der Waals surface area contributed by atoms with Crippen molar-refractivity contribution in [2.24, 2.45) is 11.1 Å². The largest absolute Gasteiger partial charge is 0.361 e. The molecule has 0 fully saturated rings. The minimum atomic E-state index is -0.610. The Kier molecular flexibility index (Phi) is 7.17. The maximum absolute atomic E-state index is 6.27. The van der Waals surface area contributed by atoms with Gasteiger partial charge >= 0.3 is 0 Å². The molecule has 1 rings (SSSR count).